The molecule has 0 radical (unpaired) electrons. The van der Waals surface area contributed by atoms with Gasteiger partial charge in [-0.15, -0.1) is 0 Å². The van der Waals surface area contributed by atoms with Gasteiger partial charge in [-0.2, -0.15) is 0 Å². The Balaban J connectivity index is 1.31. The monoisotopic (exact) mass is 346 g/mol. The summed E-state index contributed by atoms with van der Waals surface area (Å²) in [6.45, 7) is 4.24. The van der Waals surface area contributed by atoms with Crippen LogP contribution in [0, 0.1) is 5.92 Å². The second kappa shape index (κ2) is 6.55. The zero-order valence-electron chi connectivity index (χ0n) is 15.2. The van der Waals surface area contributed by atoms with Gasteiger partial charge < -0.3 is 4.90 Å². The molecule has 0 aromatic heterocycles. The van der Waals surface area contributed by atoms with E-state index in [1.54, 1.807) is 0 Å². The van der Waals surface area contributed by atoms with Gasteiger partial charge in [0.15, 0.2) is 0 Å². The molecule has 3 heteroatoms. The minimum absolute atomic E-state index is 0.159. The Hall–Kier alpha value is -2.13. The van der Waals surface area contributed by atoms with E-state index < -0.39 is 0 Å². The molecule has 0 unspecified atom stereocenters. The van der Waals surface area contributed by atoms with Crippen molar-refractivity contribution in [3.63, 3.8) is 0 Å². The topological polar surface area (TPSA) is 23.6 Å². The van der Waals surface area contributed by atoms with Crippen LogP contribution in [0.2, 0.25) is 0 Å². The Morgan fingerprint density at radius 1 is 0.808 bits per heavy atom. The maximum absolute atomic E-state index is 13.1. The molecule has 2 aromatic carbocycles. The number of Topliss-reactive ketones (excluding diaryl/α,β-unsaturated/α-hetero) is 1. The first-order chi connectivity index (χ1) is 12.8. The summed E-state index contributed by atoms with van der Waals surface area (Å²) in [6, 6.07) is 19.7. The summed E-state index contributed by atoms with van der Waals surface area (Å²) < 4.78 is 0. The number of benzene rings is 2. The average Bonchev–Trinajstić information content (AvgIpc) is 2.69. The van der Waals surface area contributed by atoms with Crippen molar-refractivity contribution in [2.24, 2.45) is 5.92 Å². The van der Waals surface area contributed by atoms with Crippen LogP contribution in [-0.2, 0) is 11.2 Å². The number of para-hydroxylation sites is 1. The van der Waals surface area contributed by atoms with Gasteiger partial charge in [-0.25, -0.2) is 0 Å². The number of hydrogen-bond acceptors (Lipinski definition) is 3. The maximum Gasteiger partial charge on any atom is 0.145 e. The molecular weight excluding hydrogens is 320 g/mol. The Bertz CT molecular complexity index is 795. The number of fused-ring (bicyclic) bond motifs is 4. The molecule has 2 aliphatic carbocycles. The molecule has 1 saturated heterocycles. The van der Waals surface area contributed by atoms with Gasteiger partial charge in [-0.05, 0) is 42.5 Å². The molecule has 0 amide bonds. The van der Waals surface area contributed by atoms with E-state index in [1.807, 2.05) is 0 Å². The third-order valence-corrected chi connectivity index (χ3v) is 6.70. The second-order valence-electron chi connectivity index (χ2n) is 7.97. The van der Waals surface area contributed by atoms with Crippen molar-refractivity contribution in [2.75, 3.05) is 31.1 Å². The van der Waals surface area contributed by atoms with Crippen molar-refractivity contribution in [1.82, 2.24) is 4.90 Å². The molecule has 26 heavy (non-hydrogen) atoms. The van der Waals surface area contributed by atoms with E-state index in [0.717, 1.165) is 39.0 Å². The summed E-state index contributed by atoms with van der Waals surface area (Å²) in [5.74, 6) is 0.865. The smallest absolute Gasteiger partial charge is 0.145 e. The predicted molar refractivity (Wildman–Crippen MR) is 105 cm³/mol. The Morgan fingerprint density at radius 2 is 1.54 bits per heavy atom. The molecule has 2 aromatic rings. The van der Waals surface area contributed by atoms with Crippen LogP contribution in [-0.4, -0.2) is 42.9 Å². The fourth-order valence-corrected chi connectivity index (χ4v) is 5.36. The summed E-state index contributed by atoms with van der Waals surface area (Å²) in [5.41, 5.74) is 4.04. The average molecular weight is 346 g/mol. The molecule has 1 heterocycles. The minimum atomic E-state index is 0.159. The van der Waals surface area contributed by atoms with Crippen LogP contribution in [0.4, 0.5) is 5.69 Å². The van der Waals surface area contributed by atoms with Crippen molar-refractivity contribution in [3.8, 4) is 0 Å². The summed E-state index contributed by atoms with van der Waals surface area (Å²) in [5, 5.41) is 0. The molecule has 3 nitrogen and oxygen atoms in total. The van der Waals surface area contributed by atoms with Crippen molar-refractivity contribution >= 4 is 11.5 Å². The Labute approximate surface area is 155 Å². The van der Waals surface area contributed by atoms with Crippen molar-refractivity contribution in [3.05, 3.63) is 65.7 Å². The maximum atomic E-state index is 13.1. The van der Waals surface area contributed by atoms with Crippen molar-refractivity contribution < 1.29 is 4.79 Å². The van der Waals surface area contributed by atoms with E-state index in [2.05, 4.69) is 64.4 Å². The zero-order chi connectivity index (χ0) is 17.5. The quantitative estimate of drug-likeness (QED) is 0.832. The number of rotatable bonds is 2. The lowest BCUT2D eigenvalue weighted by Crippen LogP contribution is -2.56. The van der Waals surface area contributed by atoms with E-state index >= 15 is 0 Å². The van der Waals surface area contributed by atoms with Crippen molar-refractivity contribution in [1.29, 1.82) is 0 Å². The normalized spacial score (nSPS) is 28.7. The van der Waals surface area contributed by atoms with Gasteiger partial charge in [0.2, 0.25) is 0 Å². The SMILES string of the molecule is O=C1[C@@H]2CC[C@H](N3CCN(c4ccccc4)CC3)[C@H]1Cc1ccccc12. The van der Waals surface area contributed by atoms with E-state index in [9.17, 15) is 4.79 Å². The van der Waals surface area contributed by atoms with Crippen LogP contribution in [0.1, 0.15) is 29.9 Å². The number of carbonyl (C=O) groups excluding carboxylic acids is 1. The lowest BCUT2D eigenvalue weighted by Gasteiger charge is -2.47. The predicted octanol–water partition coefficient (Wildman–Crippen LogP) is 3.50. The van der Waals surface area contributed by atoms with Crippen LogP contribution >= 0.6 is 0 Å². The highest BCUT2D eigenvalue weighted by Crippen LogP contribution is 2.43. The number of carbonyl (C=O) groups is 1. The first kappa shape index (κ1) is 16.1. The summed E-state index contributed by atoms with van der Waals surface area (Å²) >= 11 is 0. The number of piperazine rings is 1. The molecular formula is C23H26N2O. The minimum Gasteiger partial charge on any atom is -0.369 e. The van der Waals surface area contributed by atoms with Crippen LogP contribution in [0.3, 0.4) is 0 Å². The highest BCUT2D eigenvalue weighted by Gasteiger charge is 2.45. The van der Waals surface area contributed by atoms with Gasteiger partial charge in [-0.3, -0.25) is 9.69 Å². The second-order valence-corrected chi connectivity index (χ2v) is 7.97. The summed E-state index contributed by atoms with van der Waals surface area (Å²) in [6.07, 6.45) is 3.13. The largest absolute Gasteiger partial charge is 0.369 e. The zero-order valence-corrected chi connectivity index (χ0v) is 15.2. The highest BCUT2D eigenvalue weighted by atomic mass is 16.1. The summed E-state index contributed by atoms with van der Waals surface area (Å²) in [7, 11) is 0. The lowest BCUT2D eigenvalue weighted by atomic mass is 9.66. The third kappa shape index (κ3) is 2.66. The molecule has 3 atom stereocenters. The first-order valence-corrected chi connectivity index (χ1v) is 9.97. The van der Waals surface area contributed by atoms with Gasteiger partial charge >= 0.3 is 0 Å². The standard InChI is InChI=1S/C23H26N2O/c26-23-20-10-11-22(21(23)16-17-6-4-5-9-19(17)20)25-14-12-24(13-15-25)18-7-2-1-3-8-18/h1-9,20-22H,10-16H2/t20-,21-,22+/m1/s1. The summed E-state index contributed by atoms with van der Waals surface area (Å²) in [4.78, 5) is 18.1. The fraction of sp³-hybridized carbons (Fsp3) is 0.435. The lowest BCUT2D eigenvalue weighted by molar-refractivity contribution is -0.130. The van der Waals surface area contributed by atoms with Gasteiger partial charge in [0.05, 0.1) is 0 Å². The van der Waals surface area contributed by atoms with Crippen LogP contribution < -0.4 is 4.90 Å². The first-order valence-electron chi connectivity index (χ1n) is 9.97. The molecule has 1 saturated carbocycles. The van der Waals surface area contributed by atoms with Gasteiger partial charge in [-0.1, -0.05) is 42.5 Å². The molecule has 0 N–H and O–H groups in total. The van der Waals surface area contributed by atoms with E-state index in [-0.39, 0.29) is 11.8 Å². The van der Waals surface area contributed by atoms with Crippen molar-refractivity contribution in [2.45, 2.75) is 31.2 Å². The Kier molecular flexibility index (Phi) is 4.05. The van der Waals surface area contributed by atoms with Crippen LogP contribution in [0.5, 0.6) is 0 Å². The number of anilines is 1. The molecule has 5 rings (SSSR count). The van der Waals surface area contributed by atoms with Crippen LogP contribution in [0.25, 0.3) is 0 Å². The molecule has 134 valence electrons. The third-order valence-electron chi connectivity index (χ3n) is 6.70. The van der Waals surface area contributed by atoms with E-state index in [4.69, 9.17) is 0 Å². The van der Waals surface area contributed by atoms with E-state index in [0.29, 0.717) is 11.8 Å². The highest BCUT2D eigenvalue weighted by molar-refractivity contribution is 5.91. The molecule has 1 aliphatic heterocycles. The molecule has 0 spiro atoms. The van der Waals surface area contributed by atoms with Gasteiger partial charge in [0.1, 0.15) is 5.78 Å². The van der Waals surface area contributed by atoms with E-state index in [1.165, 1.54) is 23.2 Å². The number of ketones is 1. The molecule has 2 fully saturated rings. The fourth-order valence-electron chi connectivity index (χ4n) is 5.36. The number of nitrogens with zero attached hydrogens (tertiary/aromatic N) is 2. The van der Waals surface area contributed by atoms with Gasteiger partial charge in [0.25, 0.3) is 0 Å². The van der Waals surface area contributed by atoms with Crippen LogP contribution in [0.15, 0.2) is 54.6 Å². The van der Waals surface area contributed by atoms with Gasteiger partial charge in [0, 0.05) is 49.7 Å². The number of hydrogen-bond donors (Lipinski definition) is 0. The molecule has 3 aliphatic rings. The Morgan fingerprint density at radius 3 is 2.35 bits per heavy atom. The molecule has 2 bridgehead atoms.